The van der Waals surface area contributed by atoms with Crippen molar-refractivity contribution in [1.82, 2.24) is 4.98 Å². The molecule has 7 heteroatoms. The zero-order valence-corrected chi connectivity index (χ0v) is 12.6. The molecule has 0 unspecified atom stereocenters. The van der Waals surface area contributed by atoms with E-state index >= 15 is 0 Å². The van der Waals surface area contributed by atoms with Crippen molar-refractivity contribution in [3.63, 3.8) is 0 Å². The molecule has 0 spiro atoms. The van der Waals surface area contributed by atoms with Gasteiger partial charge in [0.2, 0.25) is 10.0 Å². The molecule has 2 rings (SSSR count). The number of hydrogen-bond donors (Lipinski definition) is 1. The predicted molar refractivity (Wildman–Crippen MR) is 79.7 cm³/mol. The molecule has 6 nitrogen and oxygen atoms in total. The summed E-state index contributed by atoms with van der Waals surface area (Å²) < 4.78 is 34.1. The topological polar surface area (TPSA) is 91.5 Å². The van der Waals surface area contributed by atoms with Gasteiger partial charge in [-0.2, -0.15) is 0 Å². The number of pyridine rings is 1. The van der Waals surface area contributed by atoms with Gasteiger partial charge in [-0.25, -0.2) is 13.6 Å². The highest BCUT2D eigenvalue weighted by Gasteiger charge is 2.16. The van der Waals surface area contributed by atoms with Crippen LogP contribution in [0.25, 0.3) is 10.9 Å². The summed E-state index contributed by atoms with van der Waals surface area (Å²) >= 11 is 0. The number of nitrogens with two attached hydrogens (primary N) is 1. The first kappa shape index (κ1) is 15.7. The highest BCUT2D eigenvalue weighted by atomic mass is 32.2. The van der Waals surface area contributed by atoms with Gasteiger partial charge < -0.3 is 9.47 Å². The van der Waals surface area contributed by atoms with Crippen LogP contribution in [0.15, 0.2) is 35.4 Å². The van der Waals surface area contributed by atoms with Gasteiger partial charge in [-0.3, -0.25) is 4.98 Å². The summed E-state index contributed by atoms with van der Waals surface area (Å²) in [5.41, 5.74) is 0.312. The van der Waals surface area contributed by atoms with Crippen molar-refractivity contribution >= 4 is 20.9 Å². The molecule has 21 heavy (non-hydrogen) atoms. The maximum atomic E-state index is 11.6. The molecule has 114 valence electrons. The molecule has 0 aliphatic heterocycles. The average Bonchev–Trinajstić information content (AvgIpc) is 2.45. The fraction of sp³-hybridized carbons (Fsp3) is 0.357. The smallest absolute Gasteiger partial charge is 0.240 e. The van der Waals surface area contributed by atoms with Crippen molar-refractivity contribution in [2.24, 2.45) is 5.14 Å². The van der Waals surface area contributed by atoms with Crippen molar-refractivity contribution in [3.05, 3.63) is 30.5 Å². The van der Waals surface area contributed by atoms with Crippen LogP contribution in [0.4, 0.5) is 0 Å². The molecule has 2 aromatic rings. The molecule has 1 heterocycles. The van der Waals surface area contributed by atoms with Crippen LogP contribution in [0.3, 0.4) is 0 Å². The third-order valence-electron chi connectivity index (χ3n) is 2.83. The van der Waals surface area contributed by atoms with Crippen molar-refractivity contribution in [3.8, 4) is 5.75 Å². The van der Waals surface area contributed by atoms with Gasteiger partial charge in [0.25, 0.3) is 0 Å². The van der Waals surface area contributed by atoms with E-state index in [2.05, 4.69) is 4.98 Å². The Morgan fingerprint density at radius 2 is 2.00 bits per heavy atom. The van der Waals surface area contributed by atoms with Crippen LogP contribution in [0.1, 0.15) is 13.3 Å². The lowest BCUT2D eigenvalue weighted by Gasteiger charge is -2.11. The Hall–Kier alpha value is -1.70. The van der Waals surface area contributed by atoms with E-state index in [1.54, 1.807) is 18.2 Å². The van der Waals surface area contributed by atoms with Crippen molar-refractivity contribution < 1.29 is 17.9 Å². The van der Waals surface area contributed by atoms with Crippen LogP contribution in [-0.4, -0.2) is 33.2 Å². The number of ether oxygens (including phenoxy) is 2. The van der Waals surface area contributed by atoms with Gasteiger partial charge in [-0.1, -0.05) is 6.92 Å². The summed E-state index contributed by atoms with van der Waals surface area (Å²) in [7, 11) is -3.82. The minimum absolute atomic E-state index is 0.00678. The monoisotopic (exact) mass is 310 g/mol. The normalized spacial score (nSPS) is 11.7. The van der Waals surface area contributed by atoms with Gasteiger partial charge in [0.15, 0.2) is 0 Å². The molecule has 0 saturated carbocycles. The number of rotatable bonds is 7. The van der Waals surface area contributed by atoms with Crippen molar-refractivity contribution in [2.45, 2.75) is 18.2 Å². The maximum absolute atomic E-state index is 11.6. The lowest BCUT2D eigenvalue weighted by atomic mass is 10.2. The van der Waals surface area contributed by atoms with Crippen molar-refractivity contribution in [1.29, 1.82) is 0 Å². The molecule has 0 aliphatic rings. The van der Waals surface area contributed by atoms with Gasteiger partial charge in [0.1, 0.15) is 17.3 Å². The zero-order chi connectivity index (χ0) is 15.3. The average molecular weight is 310 g/mol. The second-order valence-corrected chi connectivity index (χ2v) is 6.00. The Morgan fingerprint density at radius 3 is 2.71 bits per heavy atom. The second kappa shape index (κ2) is 6.84. The Bertz CT molecular complexity index is 716. The van der Waals surface area contributed by atoms with Crippen LogP contribution in [0.2, 0.25) is 0 Å². The molecule has 0 fully saturated rings. The van der Waals surface area contributed by atoms with E-state index in [1.807, 2.05) is 6.92 Å². The summed E-state index contributed by atoms with van der Waals surface area (Å²) in [4.78, 5) is 4.09. The van der Waals surface area contributed by atoms with Gasteiger partial charge in [0.05, 0.1) is 12.1 Å². The highest BCUT2D eigenvalue weighted by molar-refractivity contribution is 7.89. The molecule has 1 aromatic carbocycles. The standard InChI is InChI=1S/C14H18N2O4S/c1-2-8-19-9-10-20-12-5-6-13(21(15,17)18)14-11(12)4-3-7-16-14/h3-7H,2,8-10H2,1H3,(H2,15,17,18). The largest absolute Gasteiger partial charge is 0.490 e. The molecule has 0 saturated heterocycles. The molecule has 0 atom stereocenters. The fourth-order valence-electron chi connectivity index (χ4n) is 1.93. The number of sulfonamides is 1. The second-order valence-electron chi connectivity index (χ2n) is 4.47. The van der Waals surface area contributed by atoms with Crippen LogP contribution < -0.4 is 9.88 Å². The first-order chi connectivity index (χ1) is 10.0. The summed E-state index contributed by atoms with van der Waals surface area (Å²) in [6.07, 6.45) is 2.47. The van der Waals surface area contributed by atoms with Crippen LogP contribution in [0.5, 0.6) is 5.75 Å². The third kappa shape index (κ3) is 3.90. The van der Waals surface area contributed by atoms with E-state index < -0.39 is 10.0 Å². The van der Waals surface area contributed by atoms with Crippen molar-refractivity contribution in [2.75, 3.05) is 19.8 Å². The van der Waals surface area contributed by atoms with Gasteiger partial charge in [-0.05, 0) is 30.7 Å². The van der Waals surface area contributed by atoms with E-state index in [-0.39, 0.29) is 4.90 Å². The summed E-state index contributed by atoms with van der Waals surface area (Å²) in [6.45, 7) is 3.59. The number of hydrogen-bond acceptors (Lipinski definition) is 5. The van der Waals surface area contributed by atoms with Gasteiger partial charge in [0, 0.05) is 18.2 Å². The molecular weight excluding hydrogens is 292 g/mol. The molecule has 0 bridgehead atoms. The molecule has 0 aliphatic carbocycles. The minimum atomic E-state index is -3.82. The number of nitrogens with zero attached hydrogens (tertiary/aromatic N) is 1. The summed E-state index contributed by atoms with van der Waals surface area (Å²) in [5.74, 6) is 0.561. The molecular formula is C14H18N2O4S. The van der Waals surface area contributed by atoms with E-state index in [0.717, 1.165) is 6.42 Å². The first-order valence-electron chi connectivity index (χ1n) is 6.65. The van der Waals surface area contributed by atoms with E-state index in [0.29, 0.717) is 36.5 Å². The predicted octanol–water partition coefficient (Wildman–Crippen LogP) is 1.69. The molecule has 1 aromatic heterocycles. The zero-order valence-electron chi connectivity index (χ0n) is 11.8. The number of benzene rings is 1. The quantitative estimate of drug-likeness (QED) is 0.786. The van der Waals surface area contributed by atoms with E-state index in [1.165, 1.54) is 12.3 Å². The number of fused-ring (bicyclic) bond motifs is 1. The molecule has 2 N–H and O–H groups in total. The third-order valence-corrected chi connectivity index (χ3v) is 3.78. The Labute approximate surface area is 123 Å². The highest BCUT2D eigenvalue weighted by Crippen LogP contribution is 2.28. The summed E-state index contributed by atoms with van der Waals surface area (Å²) in [5, 5.41) is 5.81. The summed E-state index contributed by atoms with van der Waals surface area (Å²) in [6, 6.07) is 6.46. The lowest BCUT2D eigenvalue weighted by molar-refractivity contribution is 0.101. The SMILES string of the molecule is CCCOCCOc1ccc(S(N)(=O)=O)c2ncccc12. The Morgan fingerprint density at radius 1 is 1.19 bits per heavy atom. The maximum Gasteiger partial charge on any atom is 0.240 e. The van der Waals surface area contributed by atoms with E-state index in [9.17, 15) is 8.42 Å². The lowest BCUT2D eigenvalue weighted by Crippen LogP contribution is -2.13. The Balaban J connectivity index is 2.26. The Kier molecular flexibility index (Phi) is 5.11. The number of primary sulfonamides is 1. The molecule has 0 radical (unpaired) electrons. The van der Waals surface area contributed by atoms with E-state index in [4.69, 9.17) is 14.6 Å². The molecule has 0 amide bonds. The van der Waals surface area contributed by atoms with Crippen LogP contribution >= 0.6 is 0 Å². The van der Waals surface area contributed by atoms with Crippen LogP contribution in [0, 0.1) is 0 Å². The van der Waals surface area contributed by atoms with Crippen LogP contribution in [-0.2, 0) is 14.8 Å². The number of aromatic nitrogens is 1. The van der Waals surface area contributed by atoms with Gasteiger partial charge >= 0.3 is 0 Å². The fourth-order valence-corrected chi connectivity index (χ4v) is 2.62. The first-order valence-corrected chi connectivity index (χ1v) is 8.19. The minimum Gasteiger partial charge on any atom is -0.490 e. The van der Waals surface area contributed by atoms with Gasteiger partial charge in [-0.15, -0.1) is 0 Å².